The van der Waals surface area contributed by atoms with E-state index in [1.54, 1.807) is 0 Å². The zero-order chi connectivity index (χ0) is 15.2. The molecule has 0 aromatic heterocycles. The van der Waals surface area contributed by atoms with E-state index >= 15 is 0 Å². The number of piperidine rings is 1. The Labute approximate surface area is 136 Å². The van der Waals surface area contributed by atoms with E-state index in [0.29, 0.717) is 12.5 Å². The molecule has 1 aromatic rings. The van der Waals surface area contributed by atoms with Gasteiger partial charge in [0.1, 0.15) is 0 Å². The Morgan fingerprint density at radius 3 is 2.62 bits per heavy atom. The molecule has 116 valence electrons. The fourth-order valence-electron chi connectivity index (χ4n) is 2.80. The Hall–Kier alpha value is -0.870. The molecule has 1 unspecified atom stereocenters. The van der Waals surface area contributed by atoms with E-state index in [4.69, 9.17) is 0 Å². The van der Waals surface area contributed by atoms with Gasteiger partial charge in [0.25, 0.3) is 0 Å². The topological polar surface area (TPSA) is 32.3 Å². The van der Waals surface area contributed by atoms with Crippen molar-refractivity contribution >= 4 is 21.8 Å². The molecular formula is C17H25BrN2O. The summed E-state index contributed by atoms with van der Waals surface area (Å²) in [6.07, 6.45) is 4.18. The third kappa shape index (κ3) is 5.11. The van der Waals surface area contributed by atoms with Crippen molar-refractivity contribution in [2.24, 2.45) is 0 Å². The predicted molar refractivity (Wildman–Crippen MR) is 90.3 cm³/mol. The maximum Gasteiger partial charge on any atom is 0.227 e. The number of nitrogens with one attached hydrogen (secondary N) is 1. The highest BCUT2D eigenvalue weighted by atomic mass is 79.9. The smallest absolute Gasteiger partial charge is 0.227 e. The van der Waals surface area contributed by atoms with E-state index in [9.17, 15) is 4.79 Å². The SMILES string of the molecule is CC(C)N(CC1CCCCN1)C(=O)Cc1ccc(Br)cc1. The van der Waals surface area contributed by atoms with Gasteiger partial charge in [0.05, 0.1) is 6.42 Å². The van der Waals surface area contributed by atoms with Crippen LogP contribution < -0.4 is 5.32 Å². The molecule has 4 heteroatoms. The van der Waals surface area contributed by atoms with E-state index in [1.807, 2.05) is 29.2 Å². The summed E-state index contributed by atoms with van der Waals surface area (Å²) >= 11 is 3.43. The average Bonchev–Trinajstić information content (AvgIpc) is 2.48. The molecule has 0 radical (unpaired) electrons. The van der Waals surface area contributed by atoms with Gasteiger partial charge in [-0.3, -0.25) is 4.79 Å². The van der Waals surface area contributed by atoms with Gasteiger partial charge in [-0.25, -0.2) is 0 Å². The van der Waals surface area contributed by atoms with E-state index in [-0.39, 0.29) is 11.9 Å². The maximum absolute atomic E-state index is 12.6. The summed E-state index contributed by atoms with van der Waals surface area (Å²) in [4.78, 5) is 14.6. The number of hydrogen-bond acceptors (Lipinski definition) is 2. The summed E-state index contributed by atoms with van der Waals surface area (Å²) < 4.78 is 1.05. The number of carbonyl (C=O) groups excluding carboxylic acids is 1. The fourth-order valence-corrected chi connectivity index (χ4v) is 3.06. The third-order valence-corrected chi connectivity index (χ3v) is 4.57. The highest BCUT2D eigenvalue weighted by molar-refractivity contribution is 9.10. The molecule has 0 saturated carbocycles. The molecule has 0 aliphatic carbocycles. The van der Waals surface area contributed by atoms with Crippen molar-refractivity contribution in [1.82, 2.24) is 10.2 Å². The Balaban J connectivity index is 1.96. The van der Waals surface area contributed by atoms with Crippen LogP contribution in [0.5, 0.6) is 0 Å². The number of amides is 1. The second-order valence-electron chi connectivity index (χ2n) is 6.09. The monoisotopic (exact) mass is 352 g/mol. The van der Waals surface area contributed by atoms with Crippen molar-refractivity contribution in [2.45, 2.75) is 51.6 Å². The Kier molecular flexibility index (Phi) is 6.24. The zero-order valence-electron chi connectivity index (χ0n) is 12.9. The molecule has 1 aliphatic heterocycles. The van der Waals surface area contributed by atoms with E-state index in [2.05, 4.69) is 35.1 Å². The number of carbonyl (C=O) groups is 1. The van der Waals surface area contributed by atoms with Crippen LogP contribution in [0.2, 0.25) is 0 Å². The van der Waals surface area contributed by atoms with E-state index < -0.39 is 0 Å². The first kappa shape index (κ1) is 16.5. The number of hydrogen-bond donors (Lipinski definition) is 1. The largest absolute Gasteiger partial charge is 0.338 e. The van der Waals surface area contributed by atoms with E-state index in [0.717, 1.165) is 23.1 Å². The summed E-state index contributed by atoms with van der Waals surface area (Å²) in [6, 6.07) is 8.71. The van der Waals surface area contributed by atoms with Crippen LogP contribution >= 0.6 is 15.9 Å². The zero-order valence-corrected chi connectivity index (χ0v) is 14.5. The van der Waals surface area contributed by atoms with Crippen LogP contribution in [0.15, 0.2) is 28.7 Å². The molecular weight excluding hydrogens is 328 g/mol. The van der Waals surface area contributed by atoms with Gasteiger partial charge >= 0.3 is 0 Å². The first-order valence-corrected chi connectivity index (χ1v) is 8.63. The predicted octanol–water partition coefficient (Wildman–Crippen LogP) is 3.37. The third-order valence-electron chi connectivity index (χ3n) is 4.04. The highest BCUT2D eigenvalue weighted by Gasteiger charge is 2.22. The van der Waals surface area contributed by atoms with Gasteiger partial charge in [-0.15, -0.1) is 0 Å². The molecule has 1 fully saturated rings. The van der Waals surface area contributed by atoms with Crippen molar-refractivity contribution in [2.75, 3.05) is 13.1 Å². The minimum Gasteiger partial charge on any atom is -0.338 e. The molecule has 2 rings (SSSR count). The van der Waals surface area contributed by atoms with Crippen molar-refractivity contribution < 1.29 is 4.79 Å². The molecule has 3 nitrogen and oxygen atoms in total. The normalized spacial score (nSPS) is 18.8. The fraction of sp³-hybridized carbons (Fsp3) is 0.588. The van der Waals surface area contributed by atoms with Gasteiger partial charge in [0.2, 0.25) is 5.91 Å². The Bertz CT molecular complexity index is 452. The van der Waals surface area contributed by atoms with Gasteiger partial charge in [0, 0.05) is 23.1 Å². The van der Waals surface area contributed by atoms with Crippen LogP contribution in [0.4, 0.5) is 0 Å². The summed E-state index contributed by atoms with van der Waals surface area (Å²) in [5.74, 6) is 0.222. The summed E-state index contributed by atoms with van der Waals surface area (Å²) in [5, 5.41) is 3.53. The second-order valence-corrected chi connectivity index (χ2v) is 7.01. The Morgan fingerprint density at radius 1 is 1.33 bits per heavy atom. The van der Waals surface area contributed by atoms with Gasteiger partial charge in [0.15, 0.2) is 0 Å². The molecule has 1 atom stereocenters. The van der Waals surface area contributed by atoms with Crippen LogP contribution in [-0.2, 0) is 11.2 Å². The van der Waals surface area contributed by atoms with Crippen LogP contribution in [0.3, 0.4) is 0 Å². The summed E-state index contributed by atoms with van der Waals surface area (Å²) in [6.45, 7) is 6.11. The van der Waals surface area contributed by atoms with Gasteiger partial charge in [-0.05, 0) is 50.9 Å². The lowest BCUT2D eigenvalue weighted by Gasteiger charge is -2.33. The second kappa shape index (κ2) is 7.95. The van der Waals surface area contributed by atoms with Gasteiger partial charge in [-0.1, -0.05) is 34.5 Å². The first-order chi connectivity index (χ1) is 10.1. The molecule has 0 bridgehead atoms. The van der Waals surface area contributed by atoms with Crippen LogP contribution in [-0.4, -0.2) is 36.0 Å². The molecule has 21 heavy (non-hydrogen) atoms. The average molecular weight is 353 g/mol. The molecule has 1 amide bonds. The van der Waals surface area contributed by atoms with E-state index in [1.165, 1.54) is 19.3 Å². The molecule has 1 aliphatic rings. The van der Waals surface area contributed by atoms with Gasteiger partial charge in [-0.2, -0.15) is 0 Å². The first-order valence-electron chi connectivity index (χ1n) is 7.83. The number of halogens is 1. The molecule has 0 spiro atoms. The molecule has 1 saturated heterocycles. The van der Waals surface area contributed by atoms with Crippen molar-refractivity contribution in [1.29, 1.82) is 0 Å². The molecule has 1 heterocycles. The summed E-state index contributed by atoms with van der Waals surface area (Å²) in [5.41, 5.74) is 1.07. The highest BCUT2D eigenvalue weighted by Crippen LogP contribution is 2.14. The number of nitrogens with zero attached hydrogens (tertiary/aromatic N) is 1. The molecule has 1 N–H and O–H groups in total. The number of rotatable bonds is 5. The minimum atomic E-state index is 0.222. The lowest BCUT2D eigenvalue weighted by Crippen LogP contribution is -2.48. The van der Waals surface area contributed by atoms with Crippen LogP contribution in [0.25, 0.3) is 0 Å². The minimum absolute atomic E-state index is 0.222. The lowest BCUT2D eigenvalue weighted by molar-refractivity contribution is -0.132. The number of benzene rings is 1. The Morgan fingerprint density at radius 2 is 2.05 bits per heavy atom. The lowest BCUT2D eigenvalue weighted by atomic mass is 10.0. The summed E-state index contributed by atoms with van der Waals surface area (Å²) in [7, 11) is 0. The van der Waals surface area contributed by atoms with Crippen LogP contribution in [0, 0.1) is 0 Å². The maximum atomic E-state index is 12.6. The standard InChI is InChI=1S/C17H25BrN2O/c1-13(2)20(12-16-5-3-4-10-19-16)17(21)11-14-6-8-15(18)9-7-14/h6-9,13,16,19H,3-5,10-12H2,1-2H3. The van der Waals surface area contributed by atoms with Gasteiger partial charge < -0.3 is 10.2 Å². The van der Waals surface area contributed by atoms with Crippen molar-refractivity contribution in [3.05, 3.63) is 34.3 Å². The van der Waals surface area contributed by atoms with Crippen LogP contribution in [0.1, 0.15) is 38.7 Å². The molecule has 1 aromatic carbocycles. The van der Waals surface area contributed by atoms with Crippen molar-refractivity contribution in [3.63, 3.8) is 0 Å². The quantitative estimate of drug-likeness (QED) is 0.880. The van der Waals surface area contributed by atoms with Crippen molar-refractivity contribution in [3.8, 4) is 0 Å².